The molecule has 0 bridgehead atoms. The zero-order valence-corrected chi connectivity index (χ0v) is 20.7. The lowest BCUT2D eigenvalue weighted by Crippen LogP contribution is -2.39. The number of allylic oxidation sites excluding steroid dienone is 1. The molecule has 1 aromatic heterocycles. The first-order valence-corrected chi connectivity index (χ1v) is 12.5. The Kier molecular flexibility index (Phi) is 5.49. The molecule has 0 fully saturated rings. The number of methoxy groups -OCH3 is 2. The first-order valence-electron chi connectivity index (χ1n) is 11.7. The summed E-state index contributed by atoms with van der Waals surface area (Å²) >= 11 is 1.36. The molecule has 2 aliphatic rings. The monoisotopic (exact) mass is 496 g/mol. The molecule has 6 rings (SSSR count). The quantitative estimate of drug-likeness (QED) is 0.463. The van der Waals surface area contributed by atoms with Crippen LogP contribution in [0.1, 0.15) is 34.7 Å². The number of phenolic OH excluding ortho intramolecular Hbond substituents is 1. The second-order valence-electron chi connectivity index (χ2n) is 8.82. The smallest absolute Gasteiger partial charge is 0.271 e. The molecule has 2 heterocycles. The van der Waals surface area contributed by atoms with Crippen molar-refractivity contribution in [2.75, 3.05) is 14.2 Å². The van der Waals surface area contributed by atoms with Gasteiger partial charge in [-0.1, -0.05) is 47.7 Å². The third-order valence-electron chi connectivity index (χ3n) is 6.77. The Morgan fingerprint density at radius 1 is 1.03 bits per heavy atom. The summed E-state index contributed by atoms with van der Waals surface area (Å²) < 4.78 is 13.6. The lowest BCUT2D eigenvalue weighted by Gasteiger charge is -2.31. The van der Waals surface area contributed by atoms with Crippen LogP contribution in [0.3, 0.4) is 0 Å². The van der Waals surface area contributed by atoms with Gasteiger partial charge in [-0.25, -0.2) is 4.99 Å². The highest BCUT2D eigenvalue weighted by Crippen LogP contribution is 2.44. The molecular weight excluding hydrogens is 472 g/mol. The highest BCUT2D eigenvalue weighted by Gasteiger charge is 2.34. The molecule has 1 aliphatic heterocycles. The van der Waals surface area contributed by atoms with E-state index in [0.29, 0.717) is 20.8 Å². The van der Waals surface area contributed by atoms with E-state index in [1.807, 2.05) is 30.3 Å². The van der Waals surface area contributed by atoms with Gasteiger partial charge in [-0.05, 0) is 65.9 Å². The molecule has 1 aliphatic carbocycles. The molecule has 36 heavy (non-hydrogen) atoms. The largest absolute Gasteiger partial charge is 0.508 e. The van der Waals surface area contributed by atoms with Crippen LogP contribution < -0.4 is 24.4 Å². The first-order chi connectivity index (χ1) is 17.6. The van der Waals surface area contributed by atoms with Gasteiger partial charge in [0.2, 0.25) is 0 Å². The second kappa shape index (κ2) is 8.84. The van der Waals surface area contributed by atoms with Crippen molar-refractivity contribution in [1.82, 2.24) is 4.57 Å². The van der Waals surface area contributed by atoms with E-state index in [-0.39, 0.29) is 17.4 Å². The number of phenols is 1. The number of fused-ring (bicyclic) bond motifs is 3. The van der Waals surface area contributed by atoms with E-state index in [1.165, 1.54) is 16.9 Å². The number of rotatable bonds is 4. The topological polar surface area (TPSA) is 73.1 Å². The fourth-order valence-electron chi connectivity index (χ4n) is 5.12. The van der Waals surface area contributed by atoms with Crippen LogP contribution in [0.25, 0.3) is 11.8 Å². The minimum Gasteiger partial charge on any atom is -0.508 e. The second-order valence-corrected chi connectivity index (χ2v) is 9.83. The van der Waals surface area contributed by atoms with Crippen molar-refractivity contribution in [1.29, 1.82) is 0 Å². The summed E-state index contributed by atoms with van der Waals surface area (Å²) in [5, 5.41) is 9.90. The summed E-state index contributed by atoms with van der Waals surface area (Å²) in [7, 11) is 3.27. The van der Waals surface area contributed by atoms with E-state index >= 15 is 0 Å². The third kappa shape index (κ3) is 3.63. The molecule has 6 nitrogen and oxygen atoms in total. The van der Waals surface area contributed by atoms with Gasteiger partial charge in [0.25, 0.3) is 5.56 Å². The van der Waals surface area contributed by atoms with Crippen LogP contribution in [0.5, 0.6) is 17.2 Å². The Hall–Kier alpha value is -4.10. The summed E-state index contributed by atoms with van der Waals surface area (Å²) in [6.07, 6.45) is 3.47. The lowest BCUT2D eigenvalue weighted by atomic mass is 9.83. The highest BCUT2D eigenvalue weighted by molar-refractivity contribution is 7.07. The normalized spacial score (nSPS) is 16.6. The van der Waals surface area contributed by atoms with E-state index in [4.69, 9.17) is 14.5 Å². The Balaban J connectivity index is 1.66. The lowest BCUT2D eigenvalue weighted by molar-refractivity contribution is 0.392. The maximum absolute atomic E-state index is 13.9. The van der Waals surface area contributed by atoms with E-state index in [1.54, 1.807) is 43.1 Å². The highest BCUT2D eigenvalue weighted by atomic mass is 32.1. The predicted octanol–water partition coefficient (Wildman–Crippen LogP) is 4.04. The van der Waals surface area contributed by atoms with Crippen molar-refractivity contribution < 1.29 is 14.6 Å². The Labute approximate surface area is 211 Å². The molecular formula is C29H24N2O4S. The molecule has 1 N–H and O–H groups in total. The predicted molar refractivity (Wildman–Crippen MR) is 140 cm³/mol. The molecule has 0 radical (unpaired) electrons. The Morgan fingerprint density at radius 3 is 2.69 bits per heavy atom. The fourth-order valence-corrected chi connectivity index (χ4v) is 6.12. The molecule has 4 aromatic rings. The van der Waals surface area contributed by atoms with Crippen molar-refractivity contribution >= 4 is 23.1 Å². The number of hydrogen-bond acceptors (Lipinski definition) is 6. The van der Waals surface area contributed by atoms with E-state index in [0.717, 1.165) is 40.8 Å². The number of aromatic hydroxyl groups is 1. The van der Waals surface area contributed by atoms with Crippen LogP contribution in [0.4, 0.5) is 0 Å². The minimum absolute atomic E-state index is 0.123. The van der Waals surface area contributed by atoms with Crippen molar-refractivity contribution in [3.05, 3.63) is 114 Å². The van der Waals surface area contributed by atoms with E-state index < -0.39 is 0 Å². The van der Waals surface area contributed by atoms with Crippen LogP contribution in [0.2, 0.25) is 0 Å². The number of hydrogen-bond donors (Lipinski definition) is 1. The standard InChI is InChI=1S/C29H24N2O4S/c1-34-20-11-13-24(35-2)23(16-20)27-22-12-10-18-7-3-4-9-21(18)26(22)30-29-31(27)28(33)25(36-29)15-17-6-5-8-19(32)14-17/h3-9,11,13-16,27,32H,10,12H2,1-2H3/b25-15+/t27-/m1/s1. The molecule has 0 amide bonds. The molecule has 7 heteroatoms. The molecule has 3 aromatic carbocycles. The van der Waals surface area contributed by atoms with Crippen LogP contribution in [-0.4, -0.2) is 23.9 Å². The van der Waals surface area contributed by atoms with Crippen molar-refractivity contribution in [2.24, 2.45) is 4.99 Å². The third-order valence-corrected chi connectivity index (χ3v) is 7.76. The Morgan fingerprint density at radius 2 is 1.89 bits per heavy atom. The Bertz CT molecular complexity index is 1710. The summed E-state index contributed by atoms with van der Waals surface area (Å²) in [6, 6.07) is 20.5. The van der Waals surface area contributed by atoms with Crippen molar-refractivity contribution in [3.8, 4) is 17.2 Å². The van der Waals surface area contributed by atoms with Gasteiger partial charge in [-0.2, -0.15) is 0 Å². The summed E-state index contributed by atoms with van der Waals surface area (Å²) in [5.74, 6) is 1.54. The number of aromatic nitrogens is 1. The molecule has 0 saturated heterocycles. The number of benzene rings is 3. The SMILES string of the molecule is COc1ccc(OC)c([C@H]2C3=C(N=c4s/c(=C/c5cccc(O)c5)c(=O)n42)c2ccccc2CC3)c1. The first kappa shape index (κ1) is 22.4. The van der Waals surface area contributed by atoms with Gasteiger partial charge in [0.05, 0.1) is 30.5 Å². The minimum atomic E-state index is -0.374. The number of nitrogens with zero attached hydrogens (tertiary/aromatic N) is 2. The number of ether oxygens (including phenoxy) is 2. The van der Waals surface area contributed by atoms with Crippen LogP contribution >= 0.6 is 11.3 Å². The average Bonchev–Trinajstić information content (AvgIpc) is 3.21. The van der Waals surface area contributed by atoms with Crippen LogP contribution in [0, 0.1) is 0 Å². The van der Waals surface area contributed by atoms with Crippen LogP contribution in [0.15, 0.2) is 82.1 Å². The molecule has 0 spiro atoms. The van der Waals surface area contributed by atoms with Gasteiger partial charge in [0, 0.05) is 11.1 Å². The van der Waals surface area contributed by atoms with Gasteiger partial charge in [-0.15, -0.1) is 0 Å². The van der Waals surface area contributed by atoms with Crippen molar-refractivity contribution in [3.63, 3.8) is 0 Å². The summed E-state index contributed by atoms with van der Waals surface area (Å²) in [5.41, 5.74) is 5.89. The maximum atomic E-state index is 13.9. The molecule has 180 valence electrons. The van der Waals surface area contributed by atoms with Gasteiger partial charge in [0.15, 0.2) is 4.80 Å². The van der Waals surface area contributed by atoms with Crippen molar-refractivity contribution in [2.45, 2.75) is 18.9 Å². The molecule has 1 atom stereocenters. The summed E-state index contributed by atoms with van der Waals surface area (Å²) in [6.45, 7) is 0. The average molecular weight is 497 g/mol. The van der Waals surface area contributed by atoms with Gasteiger partial charge >= 0.3 is 0 Å². The molecule has 0 unspecified atom stereocenters. The van der Waals surface area contributed by atoms with Gasteiger partial charge < -0.3 is 14.6 Å². The number of aryl methyl sites for hydroxylation is 1. The zero-order valence-electron chi connectivity index (χ0n) is 19.9. The summed E-state index contributed by atoms with van der Waals surface area (Å²) in [4.78, 5) is 19.6. The van der Waals surface area contributed by atoms with Gasteiger partial charge in [0.1, 0.15) is 17.2 Å². The molecule has 0 saturated carbocycles. The van der Waals surface area contributed by atoms with Crippen LogP contribution in [-0.2, 0) is 6.42 Å². The van der Waals surface area contributed by atoms with E-state index in [9.17, 15) is 9.90 Å². The zero-order chi connectivity index (χ0) is 24.8. The van der Waals surface area contributed by atoms with E-state index in [2.05, 4.69) is 18.2 Å². The van der Waals surface area contributed by atoms with Gasteiger partial charge in [-0.3, -0.25) is 9.36 Å². The maximum Gasteiger partial charge on any atom is 0.271 e. The number of thiazole rings is 1. The fraction of sp³-hybridized carbons (Fsp3) is 0.172.